The predicted molar refractivity (Wildman–Crippen MR) is 94.7 cm³/mol. The molecule has 1 saturated heterocycles. The average molecular weight is 346 g/mol. The molecule has 1 aromatic heterocycles. The summed E-state index contributed by atoms with van der Waals surface area (Å²) in [6, 6.07) is 10.9. The number of hydrogen-bond donors (Lipinski definition) is 1. The molecule has 1 fully saturated rings. The summed E-state index contributed by atoms with van der Waals surface area (Å²) in [6.07, 6.45) is 3.46. The van der Waals surface area contributed by atoms with Crippen molar-refractivity contribution in [1.29, 1.82) is 0 Å². The lowest BCUT2D eigenvalue weighted by Crippen LogP contribution is -2.43. The van der Waals surface area contributed by atoms with Crippen molar-refractivity contribution in [2.24, 2.45) is 0 Å². The highest BCUT2D eigenvalue weighted by molar-refractivity contribution is 6.30. The molecular formula is C18H20ClN3O2. The Balaban J connectivity index is 1.49. The maximum absolute atomic E-state index is 12.3. The monoisotopic (exact) mass is 345 g/mol. The zero-order valence-corrected chi connectivity index (χ0v) is 14.3. The van der Waals surface area contributed by atoms with Crippen LogP contribution in [0.25, 0.3) is 0 Å². The Kier molecular flexibility index (Phi) is 5.20. The number of carbonyl (C=O) groups excluding carboxylic acids is 1. The van der Waals surface area contributed by atoms with Gasteiger partial charge >= 0.3 is 6.03 Å². The van der Waals surface area contributed by atoms with Crippen molar-refractivity contribution in [3.8, 4) is 5.75 Å². The summed E-state index contributed by atoms with van der Waals surface area (Å²) in [6.45, 7) is 3.27. The second-order valence-electron chi connectivity index (χ2n) is 5.88. The third-order valence-corrected chi connectivity index (χ3v) is 4.23. The van der Waals surface area contributed by atoms with Gasteiger partial charge in [-0.15, -0.1) is 0 Å². The van der Waals surface area contributed by atoms with E-state index in [0.29, 0.717) is 23.8 Å². The van der Waals surface area contributed by atoms with Crippen molar-refractivity contribution in [1.82, 2.24) is 9.88 Å². The normalized spacial score (nSPS) is 15.2. The summed E-state index contributed by atoms with van der Waals surface area (Å²) >= 11 is 5.93. The first-order chi connectivity index (χ1) is 11.6. The van der Waals surface area contributed by atoms with Crippen LogP contribution in [0.15, 0.2) is 42.6 Å². The van der Waals surface area contributed by atoms with Gasteiger partial charge < -0.3 is 15.0 Å². The Morgan fingerprint density at radius 1 is 1.29 bits per heavy atom. The molecule has 0 radical (unpaired) electrons. The molecule has 2 amide bonds. The van der Waals surface area contributed by atoms with Gasteiger partial charge in [0.25, 0.3) is 0 Å². The zero-order valence-electron chi connectivity index (χ0n) is 13.5. The first-order valence-electron chi connectivity index (χ1n) is 8.01. The van der Waals surface area contributed by atoms with E-state index in [2.05, 4.69) is 10.3 Å². The molecule has 2 aromatic rings. The molecule has 5 nitrogen and oxygen atoms in total. The maximum atomic E-state index is 12.3. The maximum Gasteiger partial charge on any atom is 0.321 e. The van der Waals surface area contributed by atoms with Crippen LogP contribution in [0.4, 0.5) is 10.5 Å². The van der Waals surface area contributed by atoms with E-state index in [-0.39, 0.29) is 12.1 Å². The number of pyridine rings is 1. The molecule has 0 atom stereocenters. The van der Waals surface area contributed by atoms with Gasteiger partial charge in [-0.3, -0.25) is 4.98 Å². The second-order valence-corrected chi connectivity index (χ2v) is 6.32. The van der Waals surface area contributed by atoms with Gasteiger partial charge in [-0.2, -0.15) is 0 Å². The summed E-state index contributed by atoms with van der Waals surface area (Å²) in [5.41, 5.74) is 1.67. The van der Waals surface area contributed by atoms with Crippen LogP contribution >= 0.6 is 11.6 Å². The van der Waals surface area contributed by atoms with Crippen molar-refractivity contribution in [3.63, 3.8) is 0 Å². The fraction of sp³-hybridized carbons (Fsp3) is 0.333. The topological polar surface area (TPSA) is 54.5 Å². The molecule has 1 aliphatic heterocycles. The lowest BCUT2D eigenvalue weighted by atomic mass is 10.1. The summed E-state index contributed by atoms with van der Waals surface area (Å²) in [5.74, 6) is 0.780. The van der Waals surface area contributed by atoms with Crippen LogP contribution in [0.1, 0.15) is 18.5 Å². The fourth-order valence-corrected chi connectivity index (χ4v) is 2.85. The zero-order chi connectivity index (χ0) is 16.9. The standard InChI is InChI=1S/C18H20ClN3O2/c1-13-5-6-17(12-20-13)24-16-7-9-22(10-8-16)18(23)21-15-4-2-3-14(19)11-15/h2-6,11-12,16H,7-10H2,1H3,(H,21,23). The lowest BCUT2D eigenvalue weighted by molar-refractivity contribution is 0.115. The van der Waals surface area contributed by atoms with Gasteiger partial charge in [0.2, 0.25) is 0 Å². The van der Waals surface area contributed by atoms with Crippen LogP contribution < -0.4 is 10.1 Å². The van der Waals surface area contributed by atoms with Gasteiger partial charge in [0.1, 0.15) is 11.9 Å². The van der Waals surface area contributed by atoms with Crippen molar-refractivity contribution in [2.45, 2.75) is 25.9 Å². The van der Waals surface area contributed by atoms with Gasteiger partial charge in [0, 0.05) is 42.3 Å². The number of carbonyl (C=O) groups is 1. The number of ether oxygens (including phenoxy) is 1. The van der Waals surface area contributed by atoms with Gasteiger partial charge in [0.15, 0.2) is 0 Å². The number of amides is 2. The number of aryl methyl sites for hydroxylation is 1. The molecule has 0 aliphatic carbocycles. The van der Waals surface area contributed by atoms with E-state index in [9.17, 15) is 4.79 Å². The Morgan fingerprint density at radius 3 is 2.75 bits per heavy atom. The quantitative estimate of drug-likeness (QED) is 0.910. The molecule has 6 heteroatoms. The van der Waals surface area contributed by atoms with Crippen LogP contribution in [0.2, 0.25) is 5.02 Å². The van der Waals surface area contributed by atoms with Crippen LogP contribution in [0.3, 0.4) is 0 Å². The summed E-state index contributed by atoms with van der Waals surface area (Å²) in [7, 11) is 0. The SMILES string of the molecule is Cc1ccc(OC2CCN(C(=O)Nc3cccc(Cl)c3)CC2)cn1. The molecule has 1 aromatic carbocycles. The number of nitrogens with one attached hydrogen (secondary N) is 1. The summed E-state index contributed by atoms with van der Waals surface area (Å²) < 4.78 is 5.93. The van der Waals surface area contributed by atoms with Gasteiger partial charge in [0.05, 0.1) is 6.20 Å². The molecule has 24 heavy (non-hydrogen) atoms. The Morgan fingerprint density at radius 2 is 2.08 bits per heavy atom. The molecule has 0 saturated carbocycles. The van der Waals surface area contributed by atoms with Crippen LogP contribution in [-0.2, 0) is 0 Å². The number of urea groups is 1. The highest BCUT2D eigenvalue weighted by Crippen LogP contribution is 2.20. The van der Waals surface area contributed by atoms with Crippen molar-refractivity contribution in [2.75, 3.05) is 18.4 Å². The second kappa shape index (κ2) is 7.53. The molecule has 0 unspecified atom stereocenters. The van der Waals surface area contributed by atoms with E-state index in [1.165, 1.54) is 0 Å². The molecule has 3 rings (SSSR count). The minimum Gasteiger partial charge on any atom is -0.489 e. The number of halogens is 1. The third kappa shape index (κ3) is 4.38. The number of rotatable bonds is 3. The van der Waals surface area contributed by atoms with E-state index in [1.807, 2.05) is 31.2 Å². The molecule has 0 bridgehead atoms. The van der Waals surface area contributed by atoms with E-state index >= 15 is 0 Å². The van der Waals surface area contributed by atoms with Gasteiger partial charge in [-0.1, -0.05) is 17.7 Å². The Bertz CT molecular complexity index is 698. The first kappa shape index (κ1) is 16.6. The van der Waals surface area contributed by atoms with Crippen LogP contribution in [-0.4, -0.2) is 35.1 Å². The third-order valence-electron chi connectivity index (χ3n) is 3.99. The summed E-state index contributed by atoms with van der Waals surface area (Å²) in [5, 5.41) is 3.48. The van der Waals surface area contributed by atoms with E-state index in [1.54, 1.807) is 23.2 Å². The van der Waals surface area contributed by atoms with Crippen molar-refractivity contribution in [3.05, 3.63) is 53.3 Å². The Labute approximate surface area is 146 Å². The molecule has 1 aliphatic rings. The number of hydrogen-bond acceptors (Lipinski definition) is 3. The van der Waals surface area contributed by atoms with Crippen molar-refractivity contribution >= 4 is 23.3 Å². The Hall–Kier alpha value is -2.27. The summed E-state index contributed by atoms with van der Waals surface area (Å²) in [4.78, 5) is 18.3. The predicted octanol–water partition coefficient (Wildman–Crippen LogP) is 4.12. The van der Waals surface area contributed by atoms with E-state index < -0.39 is 0 Å². The molecule has 126 valence electrons. The number of anilines is 1. The number of piperidine rings is 1. The number of aromatic nitrogens is 1. The minimum absolute atomic E-state index is 0.104. The van der Waals surface area contributed by atoms with E-state index in [4.69, 9.17) is 16.3 Å². The largest absolute Gasteiger partial charge is 0.489 e. The molecule has 0 spiro atoms. The number of benzene rings is 1. The van der Waals surface area contributed by atoms with Gasteiger partial charge in [-0.05, 0) is 37.3 Å². The lowest BCUT2D eigenvalue weighted by Gasteiger charge is -2.32. The number of likely N-dealkylation sites (tertiary alicyclic amines) is 1. The molecule has 2 heterocycles. The number of nitrogens with zero attached hydrogens (tertiary/aromatic N) is 2. The molecule has 1 N–H and O–H groups in total. The van der Waals surface area contributed by atoms with Gasteiger partial charge in [-0.25, -0.2) is 4.79 Å². The average Bonchev–Trinajstić information content (AvgIpc) is 2.57. The van der Waals surface area contributed by atoms with E-state index in [0.717, 1.165) is 24.3 Å². The van der Waals surface area contributed by atoms with Crippen LogP contribution in [0, 0.1) is 6.92 Å². The first-order valence-corrected chi connectivity index (χ1v) is 8.39. The smallest absolute Gasteiger partial charge is 0.321 e. The highest BCUT2D eigenvalue weighted by atomic mass is 35.5. The van der Waals surface area contributed by atoms with Crippen LogP contribution in [0.5, 0.6) is 5.75 Å². The molecular weight excluding hydrogens is 326 g/mol. The minimum atomic E-state index is -0.104. The highest BCUT2D eigenvalue weighted by Gasteiger charge is 2.24. The fourth-order valence-electron chi connectivity index (χ4n) is 2.66. The van der Waals surface area contributed by atoms with Crippen molar-refractivity contribution < 1.29 is 9.53 Å².